The van der Waals surface area contributed by atoms with Crippen LogP contribution in [0.5, 0.6) is 0 Å². The molecular formula is C20H21ClN4O4S. The predicted molar refractivity (Wildman–Crippen MR) is 115 cm³/mol. The summed E-state index contributed by atoms with van der Waals surface area (Å²) in [4.78, 5) is 18.4. The van der Waals surface area contributed by atoms with Gasteiger partial charge in [0.1, 0.15) is 0 Å². The molecule has 10 heteroatoms. The Balaban J connectivity index is 1.68. The highest BCUT2D eigenvalue weighted by Gasteiger charge is 2.19. The van der Waals surface area contributed by atoms with E-state index in [-0.39, 0.29) is 18.2 Å². The van der Waals surface area contributed by atoms with Crippen LogP contribution >= 0.6 is 11.6 Å². The second-order valence-corrected chi connectivity index (χ2v) is 9.32. The number of rotatable bonds is 7. The smallest absolute Gasteiger partial charge is 0.254 e. The van der Waals surface area contributed by atoms with Crippen molar-refractivity contribution in [2.24, 2.45) is 0 Å². The van der Waals surface area contributed by atoms with Gasteiger partial charge in [-0.15, -0.1) is 0 Å². The Morgan fingerprint density at radius 2 is 1.70 bits per heavy atom. The molecule has 3 aromatic rings. The molecule has 1 aromatic heterocycles. The molecule has 0 spiro atoms. The van der Waals surface area contributed by atoms with Crippen LogP contribution in [0.25, 0.3) is 11.4 Å². The van der Waals surface area contributed by atoms with Gasteiger partial charge >= 0.3 is 0 Å². The fourth-order valence-electron chi connectivity index (χ4n) is 2.70. The second-order valence-electron chi connectivity index (χ2n) is 6.59. The molecule has 0 saturated heterocycles. The zero-order valence-corrected chi connectivity index (χ0v) is 18.3. The normalized spacial score (nSPS) is 11.3. The SMILES string of the molecule is CCS(=O)(=O)N(C)c1ccc(C(=O)N(C)Cc2nc(-c3ccc(Cl)cc3)no2)cc1. The van der Waals surface area contributed by atoms with Crippen LogP contribution < -0.4 is 4.31 Å². The Labute approximate surface area is 180 Å². The van der Waals surface area contributed by atoms with Gasteiger partial charge in [0.2, 0.25) is 21.7 Å². The quantitative estimate of drug-likeness (QED) is 0.549. The Morgan fingerprint density at radius 3 is 2.30 bits per heavy atom. The number of nitrogens with zero attached hydrogens (tertiary/aromatic N) is 4. The molecule has 0 N–H and O–H groups in total. The minimum Gasteiger partial charge on any atom is -0.337 e. The number of benzene rings is 2. The number of amides is 1. The van der Waals surface area contributed by atoms with Crippen LogP contribution in [0, 0.1) is 0 Å². The fraction of sp³-hybridized carbons (Fsp3) is 0.250. The van der Waals surface area contributed by atoms with Gasteiger partial charge in [0, 0.05) is 30.2 Å². The monoisotopic (exact) mass is 448 g/mol. The van der Waals surface area contributed by atoms with E-state index in [9.17, 15) is 13.2 Å². The Morgan fingerprint density at radius 1 is 1.07 bits per heavy atom. The number of carbonyl (C=O) groups is 1. The maximum Gasteiger partial charge on any atom is 0.254 e. The number of hydrogen-bond acceptors (Lipinski definition) is 6. The largest absolute Gasteiger partial charge is 0.337 e. The van der Waals surface area contributed by atoms with Crippen molar-refractivity contribution in [3.63, 3.8) is 0 Å². The van der Waals surface area contributed by atoms with Crippen molar-refractivity contribution in [3.8, 4) is 11.4 Å². The zero-order valence-electron chi connectivity index (χ0n) is 16.7. The molecule has 158 valence electrons. The lowest BCUT2D eigenvalue weighted by atomic mass is 10.2. The summed E-state index contributed by atoms with van der Waals surface area (Å²) in [6, 6.07) is 13.4. The molecule has 0 aliphatic carbocycles. The van der Waals surface area contributed by atoms with Crippen LogP contribution in [0.3, 0.4) is 0 Å². The molecule has 2 aromatic carbocycles. The Hall–Kier alpha value is -2.91. The van der Waals surface area contributed by atoms with Gasteiger partial charge in [-0.25, -0.2) is 8.42 Å². The highest BCUT2D eigenvalue weighted by molar-refractivity contribution is 7.92. The standard InChI is InChI=1S/C20H21ClN4O4S/c1-4-30(27,28)25(3)17-11-7-15(8-12-17)20(26)24(2)13-18-22-19(23-29-18)14-5-9-16(21)10-6-14/h5-12H,4,13H2,1-3H3. The van der Waals surface area contributed by atoms with E-state index in [1.54, 1.807) is 62.5 Å². The first kappa shape index (κ1) is 21.8. The molecule has 1 heterocycles. The van der Waals surface area contributed by atoms with Crippen molar-refractivity contribution >= 4 is 33.2 Å². The van der Waals surface area contributed by atoms with Crippen LogP contribution in [0.2, 0.25) is 5.02 Å². The second kappa shape index (κ2) is 8.85. The minimum absolute atomic E-state index is 0.00485. The summed E-state index contributed by atoms with van der Waals surface area (Å²) in [6.45, 7) is 1.71. The highest BCUT2D eigenvalue weighted by Crippen LogP contribution is 2.20. The average molecular weight is 449 g/mol. The third-order valence-corrected chi connectivity index (χ3v) is 6.58. The van der Waals surface area contributed by atoms with Crippen LogP contribution in [0.15, 0.2) is 53.1 Å². The van der Waals surface area contributed by atoms with Gasteiger partial charge in [-0.3, -0.25) is 9.10 Å². The number of anilines is 1. The van der Waals surface area contributed by atoms with E-state index in [0.29, 0.717) is 28.0 Å². The summed E-state index contributed by atoms with van der Waals surface area (Å²) in [5.41, 5.74) is 1.66. The lowest BCUT2D eigenvalue weighted by Gasteiger charge is -2.19. The molecule has 0 atom stereocenters. The third kappa shape index (κ3) is 4.80. The van der Waals surface area contributed by atoms with Crippen molar-refractivity contribution < 1.29 is 17.7 Å². The highest BCUT2D eigenvalue weighted by atomic mass is 35.5. The minimum atomic E-state index is -3.36. The number of aromatic nitrogens is 2. The van der Waals surface area contributed by atoms with Crippen LogP contribution in [-0.4, -0.2) is 49.2 Å². The molecule has 3 rings (SSSR count). The fourth-order valence-corrected chi connectivity index (χ4v) is 3.65. The lowest BCUT2D eigenvalue weighted by Crippen LogP contribution is -2.28. The first-order valence-corrected chi connectivity index (χ1v) is 11.1. The molecule has 0 bridgehead atoms. The topological polar surface area (TPSA) is 96.6 Å². The van der Waals surface area contributed by atoms with E-state index in [1.165, 1.54) is 16.3 Å². The van der Waals surface area contributed by atoms with Crippen molar-refractivity contribution in [3.05, 3.63) is 65.0 Å². The van der Waals surface area contributed by atoms with E-state index < -0.39 is 10.0 Å². The summed E-state index contributed by atoms with van der Waals surface area (Å²) in [5.74, 6) is 0.441. The van der Waals surface area contributed by atoms with E-state index >= 15 is 0 Å². The number of halogens is 1. The van der Waals surface area contributed by atoms with Gasteiger partial charge in [-0.2, -0.15) is 4.98 Å². The molecule has 0 fully saturated rings. The average Bonchev–Trinajstić information content (AvgIpc) is 3.21. The van der Waals surface area contributed by atoms with Crippen molar-refractivity contribution in [1.29, 1.82) is 0 Å². The Bertz CT molecular complexity index is 1130. The van der Waals surface area contributed by atoms with Crippen molar-refractivity contribution in [2.45, 2.75) is 13.5 Å². The molecule has 8 nitrogen and oxygen atoms in total. The van der Waals surface area contributed by atoms with E-state index in [4.69, 9.17) is 16.1 Å². The molecular weight excluding hydrogens is 428 g/mol. The predicted octanol–water partition coefficient (Wildman–Crippen LogP) is 3.45. The summed E-state index contributed by atoms with van der Waals surface area (Å²) in [5, 5.41) is 4.54. The maximum atomic E-state index is 12.7. The summed E-state index contributed by atoms with van der Waals surface area (Å²) in [7, 11) is -0.258. The van der Waals surface area contributed by atoms with Crippen LogP contribution in [-0.2, 0) is 16.6 Å². The number of hydrogen-bond donors (Lipinski definition) is 0. The van der Waals surface area contributed by atoms with Crippen molar-refractivity contribution in [2.75, 3.05) is 24.2 Å². The molecule has 0 radical (unpaired) electrons. The van der Waals surface area contributed by atoms with Gasteiger partial charge in [0.25, 0.3) is 5.91 Å². The van der Waals surface area contributed by atoms with E-state index in [0.717, 1.165) is 5.56 Å². The summed E-state index contributed by atoms with van der Waals surface area (Å²) >= 11 is 5.88. The molecule has 0 unspecified atom stereocenters. The molecule has 0 aliphatic heterocycles. The molecule has 0 saturated carbocycles. The van der Waals surface area contributed by atoms with Crippen molar-refractivity contribution in [1.82, 2.24) is 15.0 Å². The van der Waals surface area contributed by atoms with E-state index in [2.05, 4.69) is 10.1 Å². The molecule has 1 amide bonds. The molecule has 0 aliphatic rings. The first-order chi connectivity index (χ1) is 14.2. The van der Waals surface area contributed by atoms with Gasteiger partial charge in [0.05, 0.1) is 18.0 Å². The molecule has 30 heavy (non-hydrogen) atoms. The third-order valence-electron chi connectivity index (χ3n) is 4.55. The number of carbonyl (C=O) groups excluding carboxylic acids is 1. The van der Waals surface area contributed by atoms with E-state index in [1.807, 2.05) is 0 Å². The zero-order chi connectivity index (χ0) is 21.9. The lowest BCUT2D eigenvalue weighted by molar-refractivity contribution is 0.0769. The first-order valence-electron chi connectivity index (χ1n) is 9.12. The summed E-state index contributed by atoms with van der Waals surface area (Å²) in [6.07, 6.45) is 0. The van der Waals surface area contributed by atoms with Crippen LogP contribution in [0.1, 0.15) is 23.2 Å². The van der Waals surface area contributed by atoms with Gasteiger partial charge in [-0.1, -0.05) is 16.8 Å². The van der Waals surface area contributed by atoms with Gasteiger partial charge in [-0.05, 0) is 55.5 Å². The number of sulfonamides is 1. The summed E-state index contributed by atoms with van der Waals surface area (Å²) < 4.78 is 30.4. The van der Waals surface area contributed by atoms with Gasteiger partial charge < -0.3 is 9.42 Å². The van der Waals surface area contributed by atoms with Gasteiger partial charge in [0.15, 0.2) is 0 Å². The maximum absolute atomic E-state index is 12.7. The Kier molecular flexibility index (Phi) is 6.42. The van der Waals surface area contributed by atoms with Crippen LogP contribution in [0.4, 0.5) is 5.69 Å².